The third-order valence-electron chi connectivity index (χ3n) is 1.85. The predicted molar refractivity (Wildman–Crippen MR) is 53.7 cm³/mol. The second kappa shape index (κ2) is 3.79. The summed E-state index contributed by atoms with van der Waals surface area (Å²) in [7, 11) is 0. The minimum Gasteiger partial charge on any atom is -0.223 e. The highest BCUT2D eigenvalue weighted by atomic mass is 79.9. The standard InChI is InChI=1S/C9H4BrFN4/c10-8-6(3-12)1-2-7(9(8)11)15-5-13-4-14-15/h1-2,4-5H. The molecule has 0 spiro atoms. The van der Waals surface area contributed by atoms with Crippen LogP contribution >= 0.6 is 15.9 Å². The van der Waals surface area contributed by atoms with Crippen molar-refractivity contribution in [2.24, 2.45) is 0 Å². The summed E-state index contributed by atoms with van der Waals surface area (Å²) in [5.41, 5.74) is 0.495. The van der Waals surface area contributed by atoms with Gasteiger partial charge in [-0.3, -0.25) is 0 Å². The van der Waals surface area contributed by atoms with Crippen molar-refractivity contribution in [1.29, 1.82) is 5.26 Å². The van der Waals surface area contributed by atoms with Crippen molar-refractivity contribution in [3.8, 4) is 11.8 Å². The molecule has 0 radical (unpaired) electrons. The Hall–Kier alpha value is -1.74. The third kappa shape index (κ3) is 1.62. The van der Waals surface area contributed by atoms with Crippen LogP contribution in [0.1, 0.15) is 5.56 Å². The van der Waals surface area contributed by atoms with Crippen LogP contribution in [0.5, 0.6) is 0 Å². The molecule has 2 rings (SSSR count). The number of aromatic nitrogens is 3. The van der Waals surface area contributed by atoms with Crippen molar-refractivity contribution in [2.75, 3.05) is 0 Å². The smallest absolute Gasteiger partial charge is 0.164 e. The van der Waals surface area contributed by atoms with Gasteiger partial charge in [0.2, 0.25) is 0 Å². The van der Waals surface area contributed by atoms with Crippen LogP contribution in [-0.4, -0.2) is 14.8 Å². The maximum Gasteiger partial charge on any atom is 0.164 e. The molecule has 6 heteroatoms. The van der Waals surface area contributed by atoms with E-state index >= 15 is 0 Å². The van der Waals surface area contributed by atoms with E-state index in [4.69, 9.17) is 5.26 Å². The second-order valence-corrected chi connectivity index (χ2v) is 3.51. The zero-order valence-electron chi connectivity index (χ0n) is 7.35. The molecule has 0 amide bonds. The molecule has 0 aliphatic carbocycles. The van der Waals surface area contributed by atoms with Crippen LogP contribution in [0.25, 0.3) is 5.69 Å². The minimum atomic E-state index is -0.528. The number of nitriles is 1. The summed E-state index contributed by atoms with van der Waals surface area (Å²) in [4.78, 5) is 3.72. The van der Waals surface area contributed by atoms with Gasteiger partial charge in [0, 0.05) is 0 Å². The van der Waals surface area contributed by atoms with Gasteiger partial charge < -0.3 is 0 Å². The molecule has 1 heterocycles. The molecule has 2 aromatic rings. The molecule has 74 valence electrons. The fourth-order valence-electron chi connectivity index (χ4n) is 1.14. The van der Waals surface area contributed by atoms with Crippen LogP contribution < -0.4 is 0 Å². The highest BCUT2D eigenvalue weighted by Gasteiger charge is 2.12. The van der Waals surface area contributed by atoms with E-state index in [0.717, 1.165) is 0 Å². The second-order valence-electron chi connectivity index (χ2n) is 2.71. The summed E-state index contributed by atoms with van der Waals surface area (Å²) < 4.78 is 15.2. The Balaban J connectivity index is 2.62. The number of hydrogen-bond acceptors (Lipinski definition) is 3. The van der Waals surface area contributed by atoms with Gasteiger partial charge in [-0.15, -0.1) is 0 Å². The van der Waals surface area contributed by atoms with Crippen molar-refractivity contribution >= 4 is 15.9 Å². The minimum absolute atomic E-state index is 0.137. The number of halogens is 2. The Bertz CT molecular complexity index is 530. The van der Waals surface area contributed by atoms with E-state index in [2.05, 4.69) is 26.0 Å². The Morgan fingerprint density at radius 2 is 2.27 bits per heavy atom. The van der Waals surface area contributed by atoms with Gasteiger partial charge in [-0.05, 0) is 28.1 Å². The predicted octanol–water partition coefficient (Wildman–Crippen LogP) is 2.04. The number of benzene rings is 1. The molecule has 15 heavy (non-hydrogen) atoms. The van der Waals surface area contributed by atoms with Gasteiger partial charge in [-0.2, -0.15) is 10.4 Å². The summed E-state index contributed by atoms with van der Waals surface area (Å²) in [6.07, 6.45) is 2.70. The maximum absolute atomic E-state index is 13.7. The fourth-order valence-corrected chi connectivity index (χ4v) is 1.56. The molecule has 0 saturated carbocycles. The van der Waals surface area contributed by atoms with E-state index in [0.29, 0.717) is 0 Å². The maximum atomic E-state index is 13.7. The van der Waals surface area contributed by atoms with E-state index in [9.17, 15) is 4.39 Å². The Morgan fingerprint density at radius 3 is 2.87 bits per heavy atom. The Kier molecular flexibility index (Phi) is 2.47. The average molecular weight is 267 g/mol. The summed E-state index contributed by atoms with van der Waals surface area (Å²) in [6.45, 7) is 0. The summed E-state index contributed by atoms with van der Waals surface area (Å²) >= 11 is 3.02. The molecule has 4 nitrogen and oxygen atoms in total. The van der Waals surface area contributed by atoms with E-state index < -0.39 is 5.82 Å². The first-order valence-electron chi connectivity index (χ1n) is 3.97. The lowest BCUT2D eigenvalue weighted by Crippen LogP contribution is -1.99. The first-order chi connectivity index (χ1) is 7.24. The van der Waals surface area contributed by atoms with E-state index in [1.807, 2.05) is 6.07 Å². The van der Waals surface area contributed by atoms with Gasteiger partial charge >= 0.3 is 0 Å². The normalized spacial score (nSPS) is 9.93. The summed E-state index contributed by atoms with van der Waals surface area (Å²) in [6, 6.07) is 4.87. The molecular formula is C9H4BrFN4. The molecule has 1 aromatic heterocycles. The van der Waals surface area contributed by atoms with Crippen molar-refractivity contribution < 1.29 is 4.39 Å². The van der Waals surface area contributed by atoms with Crippen LogP contribution in [0.15, 0.2) is 29.3 Å². The molecule has 0 N–H and O–H groups in total. The third-order valence-corrected chi connectivity index (χ3v) is 2.62. The Labute approximate surface area is 93.1 Å². The number of rotatable bonds is 1. The van der Waals surface area contributed by atoms with Crippen molar-refractivity contribution in [1.82, 2.24) is 14.8 Å². The molecule has 0 aliphatic heterocycles. The lowest BCUT2D eigenvalue weighted by atomic mass is 10.2. The summed E-state index contributed by atoms with van der Waals surface area (Å²) in [5.74, 6) is -0.528. The molecule has 0 atom stereocenters. The van der Waals surface area contributed by atoms with Gasteiger partial charge in [0.1, 0.15) is 24.4 Å². The summed E-state index contributed by atoms with van der Waals surface area (Å²) in [5, 5.41) is 12.5. The molecule has 0 aliphatic rings. The highest BCUT2D eigenvalue weighted by Crippen LogP contribution is 2.24. The van der Waals surface area contributed by atoms with Crippen LogP contribution in [0.3, 0.4) is 0 Å². The van der Waals surface area contributed by atoms with Crippen molar-refractivity contribution in [3.05, 3.63) is 40.6 Å². The average Bonchev–Trinajstić information content (AvgIpc) is 2.75. The first-order valence-corrected chi connectivity index (χ1v) is 4.76. The van der Waals surface area contributed by atoms with Gasteiger partial charge in [-0.25, -0.2) is 14.1 Å². The van der Waals surface area contributed by atoms with Crippen molar-refractivity contribution in [3.63, 3.8) is 0 Å². The monoisotopic (exact) mass is 266 g/mol. The number of nitrogens with zero attached hydrogens (tertiary/aromatic N) is 4. The first kappa shape index (κ1) is 9.80. The molecular weight excluding hydrogens is 263 g/mol. The zero-order valence-corrected chi connectivity index (χ0v) is 8.94. The Morgan fingerprint density at radius 1 is 1.47 bits per heavy atom. The van der Waals surface area contributed by atoms with E-state index in [1.165, 1.54) is 29.5 Å². The van der Waals surface area contributed by atoms with Gasteiger partial charge in [0.05, 0.1) is 10.0 Å². The van der Waals surface area contributed by atoms with Crippen LogP contribution in [0.4, 0.5) is 4.39 Å². The zero-order chi connectivity index (χ0) is 10.8. The van der Waals surface area contributed by atoms with Gasteiger partial charge in [0.25, 0.3) is 0 Å². The quantitative estimate of drug-likeness (QED) is 0.794. The van der Waals surface area contributed by atoms with E-state index in [1.54, 1.807) is 0 Å². The van der Waals surface area contributed by atoms with Gasteiger partial charge in [-0.1, -0.05) is 0 Å². The van der Waals surface area contributed by atoms with Crippen LogP contribution in [0.2, 0.25) is 0 Å². The van der Waals surface area contributed by atoms with E-state index in [-0.39, 0.29) is 15.7 Å². The van der Waals surface area contributed by atoms with Crippen LogP contribution in [0, 0.1) is 17.1 Å². The highest BCUT2D eigenvalue weighted by molar-refractivity contribution is 9.10. The largest absolute Gasteiger partial charge is 0.223 e. The lowest BCUT2D eigenvalue weighted by Gasteiger charge is -2.04. The fraction of sp³-hybridized carbons (Fsp3) is 0. The SMILES string of the molecule is N#Cc1ccc(-n2cncn2)c(F)c1Br. The van der Waals surface area contributed by atoms with Gasteiger partial charge in [0.15, 0.2) is 5.82 Å². The molecule has 0 bridgehead atoms. The molecule has 0 saturated heterocycles. The topological polar surface area (TPSA) is 54.5 Å². The molecule has 0 fully saturated rings. The van der Waals surface area contributed by atoms with Crippen LogP contribution in [-0.2, 0) is 0 Å². The molecule has 1 aromatic carbocycles. The molecule has 0 unspecified atom stereocenters. The van der Waals surface area contributed by atoms with Crippen molar-refractivity contribution in [2.45, 2.75) is 0 Å². The lowest BCUT2D eigenvalue weighted by molar-refractivity contribution is 0.603. The number of hydrogen-bond donors (Lipinski definition) is 0.